The van der Waals surface area contributed by atoms with Crippen LogP contribution in [0.2, 0.25) is 0 Å². The van der Waals surface area contributed by atoms with Gasteiger partial charge in [0.2, 0.25) is 0 Å². The quantitative estimate of drug-likeness (QED) is 0.877. The Morgan fingerprint density at radius 1 is 1.33 bits per heavy atom. The minimum absolute atomic E-state index is 0.0547. The third kappa shape index (κ3) is 4.21. The van der Waals surface area contributed by atoms with E-state index < -0.39 is 12.2 Å². The highest BCUT2D eigenvalue weighted by molar-refractivity contribution is 5.81. The summed E-state index contributed by atoms with van der Waals surface area (Å²) in [6, 6.07) is 5.84. The zero-order valence-electron chi connectivity index (χ0n) is 13.1. The third-order valence-electron chi connectivity index (χ3n) is 4.06. The lowest BCUT2D eigenvalue weighted by Crippen LogP contribution is -2.41. The number of carbonyl (C=O) groups is 1. The third-order valence-corrected chi connectivity index (χ3v) is 4.06. The zero-order valence-corrected chi connectivity index (χ0v) is 13.1. The number of benzene rings is 1. The minimum atomic E-state index is -0.512. The highest BCUT2D eigenvalue weighted by Crippen LogP contribution is 2.24. The van der Waals surface area contributed by atoms with Gasteiger partial charge in [-0.05, 0) is 56.9 Å². The average Bonchev–Trinajstić information content (AvgIpc) is 2.93. The van der Waals surface area contributed by atoms with Gasteiger partial charge in [0.25, 0.3) is 5.91 Å². The van der Waals surface area contributed by atoms with Gasteiger partial charge < -0.3 is 15.2 Å². The second kappa shape index (κ2) is 6.94. The largest absolute Gasteiger partial charge is 0.481 e. The van der Waals surface area contributed by atoms with Gasteiger partial charge in [0.15, 0.2) is 6.10 Å². The molecule has 1 fully saturated rings. The fourth-order valence-corrected chi connectivity index (χ4v) is 2.70. The van der Waals surface area contributed by atoms with Gasteiger partial charge >= 0.3 is 0 Å². The van der Waals surface area contributed by atoms with Crippen LogP contribution in [0, 0.1) is 6.92 Å². The van der Waals surface area contributed by atoms with Crippen LogP contribution in [-0.2, 0) is 4.79 Å². The topological polar surface area (TPSA) is 58.6 Å². The number of aliphatic hydroxyl groups excluding tert-OH is 1. The fourth-order valence-electron chi connectivity index (χ4n) is 2.70. The van der Waals surface area contributed by atoms with E-state index in [4.69, 9.17) is 4.74 Å². The van der Waals surface area contributed by atoms with Crippen LogP contribution in [0.5, 0.6) is 5.75 Å². The summed E-state index contributed by atoms with van der Waals surface area (Å²) in [5.41, 5.74) is 1.77. The predicted molar refractivity (Wildman–Crippen MR) is 82.3 cm³/mol. The fraction of sp³-hybridized carbons (Fsp3) is 0.588. The number of aryl methyl sites for hydroxylation is 1. The Morgan fingerprint density at radius 3 is 2.57 bits per heavy atom. The molecule has 0 spiro atoms. The SMILES string of the molecule is Cc1cc([C@@H](C)O)ccc1OC(C)C(=O)NC1CCCC1. The second-order valence-electron chi connectivity index (χ2n) is 5.95. The maximum atomic E-state index is 12.1. The van der Waals surface area contributed by atoms with E-state index in [9.17, 15) is 9.90 Å². The van der Waals surface area contributed by atoms with Crippen molar-refractivity contribution in [2.75, 3.05) is 0 Å². The van der Waals surface area contributed by atoms with E-state index in [0.29, 0.717) is 11.8 Å². The molecule has 0 heterocycles. The summed E-state index contributed by atoms with van der Waals surface area (Å²) in [5, 5.41) is 12.6. The number of amides is 1. The number of aliphatic hydroxyl groups is 1. The predicted octanol–water partition coefficient (Wildman–Crippen LogP) is 2.87. The normalized spacial score (nSPS) is 18.3. The first-order valence-electron chi connectivity index (χ1n) is 7.73. The van der Waals surface area contributed by atoms with Crippen LogP contribution in [-0.4, -0.2) is 23.2 Å². The van der Waals surface area contributed by atoms with Gasteiger partial charge in [0, 0.05) is 6.04 Å². The van der Waals surface area contributed by atoms with Gasteiger partial charge in [0.05, 0.1) is 6.10 Å². The van der Waals surface area contributed by atoms with Gasteiger partial charge in [-0.25, -0.2) is 0 Å². The van der Waals surface area contributed by atoms with Crippen molar-refractivity contribution >= 4 is 5.91 Å². The summed E-state index contributed by atoms with van der Waals surface area (Å²) in [7, 11) is 0. The van der Waals surface area contributed by atoms with Crippen LogP contribution < -0.4 is 10.1 Å². The molecule has 2 rings (SSSR count). The Bertz CT molecular complexity index is 493. The maximum absolute atomic E-state index is 12.1. The van der Waals surface area contributed by atoms with Crippen LogP contribution in [0.25, 0.3) is 0 Å². The van der Waals surface area contributed by atoms with Crippen LogP contribution in [0.1, 0.15) is 56.8 Å². The van der Waals surface area contributed by atoms with E-state index in [1.807, 2.05) is 25.1 Å². The first-order valence-corrected chi connectivity index (χ1v) is 7.73. The molecule has 1 aliphatic rings. The smallest absolute Gasteiger partial charge is 0.260 e. The van der Waals surface area contributed by atoms with Gasteiger partial charge in [-0.2, -0.15) is 0 Å². The van der Waals surface area contributed by atoms with Gasteiger partial charge in [-0.1, -0.05) is 18.9 Å². The molecule has 0 saturated heterocycles. The van der Waals surface area contributed by atoms with Crippen LogP contribution >= 0.6 is 0 Å². The Hall–Kier alpha value is -1.55. The molecule has 1 aromatic carbocycles. The van der Waals surface area contributed by atoms with Crippen molar-refractivity contribution in [3.63, 3.8) is 0 Å². The summed E-state index contributed by atoms with van der Waals surface area (Å²) >= 11 is 0. The summed E-state index contributed by atoms with van der Waals surface area (Å²) in [5.74, 6) is 0.634. The first kappa shape index (κ1) is 15.8. The lowest BCUT2D eigenvalue weighted by atomic mass is 10.1. The monoisotopic (exact) mass is 291 g/mol. The Kier molecular flexibility index (Phi) is 5.23. The standard InChI is InChI=1S/C17H25NO3/c1-11-10-14(12(2)19)8-9-16(11)21-13(3)17(20)18-15-6-4-5-7-15/h8-10,12-13,15,19H,4-7H2,1-3H3,(H,18,20)/t12-,13?/m1/s1. The van der Waals surface area contributed by atoms with Crippen molar-refractivity contribution in [1.82, 2.24) is 5.32 Å². The number of rotatable bonds is 5. The molecule has 0 aliphatic heterocycles. The summed E-state index contributed by atoms with van der Waals surface area (Å²) in [6.07, 6.45) is 3.52. The highest BCUT2D eigenvalue weighted by atomic mass is 16.5. The molecule has 116 valence electrons. The molecule has 1 aromatic rings. The number of hydrogen-bond donors (Lipinski definition) is 2. The van der Waals surface area contributed by atoms with Crippen molar-refractivity contribution in [1.29, 1.82) is 0 Å². The molecule has 4 nitrogen and oxygen atoms in total. The number of nitrogens with one attached hydrogen (secondary N) is 1. The summed E-state index contributed by atoms with van der Waals surface area (Å²) in [4.78, 5) is 12.1. The summed E-state index contributed by atoms with van der Waals surface area (Å²) in [6.45, 7) is 5.42. The lowest BCUT2D eigenvalue weighted by Gasteiger charge is -2.19. The zero-order chi connectivity index (χ0) is 15.4. The molecular weight excluding hydrogens is 266 g/mol. The lowest BCUT2D eigenvalue weighted by molar-refractivity contribution is -0.127. The van der Waals surface area contributed by atoms with E-state index in [1.165, 1.54) is 12.8 Å². The molecule has 0 radical (unpaired) electrons. The maximum Gasteiger partial charge on any atom is 0.260 e. The molecule has 0 bridgehead atoms. The molecule has 21 heavy (non-hydrogen) atoms. The molecule has 4 heteroatoms. The van der Waals surface area contributed by atoms with Gasteiger partial charge in [-0.3, -0.25) is 4.79 Å². The first-order chi connectivity index (χ1) is 9.97. The van der Waals surface area contributed by atoms with Gasteiger partial charge in [-0.15, -0.1) is 0 Å². The molecule has 2 N–H and O–H groups in total. The minimum Gasteiger partial charge on any atom is -0.481 e. The van der Waals surface area contributed by atoms with E-state index >= 15 is 0 Å². The molecule has 1 amide bonds. The Morgan fingerprint density at radius 2 is 2.00 bits per heavy atom. The van der Waals surface area contributed by atoms with E-state index in [2.05, 4.69) is 5.32 Å². The van der Waals surface area contributed by atoms with Crippen molar-refractivity contribution in [2.24, 2.45) is 0 Å². The average molecular weight is 291 g/mol. The van der Waals surface area contributed by atoms with Crippen molar-refractivity contribution < 1.29 is 14.6 Å². The summed E-state index contributed by atoms with van der Waals surface area (Å²) < 4.78 is 5.76. The van der Waals surface area contributed by atoms with Crippen LogP contribution in [0.3, 0.4) is 0 Å². The molecule has 1 saturated carbocycles. The van der Waals surface area contributed by atoms with Crippen LogP contribution in [0.4, 0.5) is 0 Å². The molecule has 0 aromatic heterocycles. The van der Waals surface area contributed by atoms with E-state index in [0.717, 1.165) is 24.0 Å². The molecular formula is C17H25NO3. The molecule has 2 atom stereocenters. The van der Waals surface area contributed by atoms with Crippen molar-refractivity contribution in [2.45, 2.75) is 64.7 Å². The van der Waals surface area contributed by atoms with Crippen molar-refractivity contribution in [3.05, 3.63) is 29.3 Å². The van der Waals surface area contributed by atoms with E-state index in [1.54, 1.807) is 13.8 Å². The number of carbonyl (C=O) groups excluding carboxylic acids is 1. The second-order valence-corrected chi connectivity index (χ2v) is 5.95. The number of ether oxygens (including phenoxy) is 1. The van der Waals surface area contributed by atoms with Gasteiger partial charge in [0.1, 0.15) is 5.75 Å². The highest BCUT2D eigenvalue weighted by Gasteiger charge is 2.22. The number of hydrogen-bond acceptors (Lipinski definition) is 3. The molecule has 1 aliphatic carbocycles. The van der Waals surface area contributed by atoms with Crippen LogP contribution in [0.15, 0.2) is 18.2 Å². The van der Waals surface area contributed by atoms with Crippen molar-refractivity contribution in [3.8, 4) is 5.75 Å². The Balaban J connectivity index is 1.95. The Labute approximate surface area is 126 Å². The van der Waals surface area contributed by atoms with E-state index in [-0.39, 0.29) is 5.91 Å². The molecule has 1 unspecified atom stereocenters.